The summed E-state index contributed by atoms with van der Waals surface area (Å²) in [6.07, 6.45) is 0. The van der Waals surface area contributed by atoms with E-state index in [9.17, 15) is 17.2 Å². The predicted molar refractivity (Wildman–Crippen MR) is 75.9 cm³/mol. The molecule has 0 spiro atoms. The third-order valence-electron chi connectivity index (χ3n) is 2.76. The summed E-state index contributed by atoms with van der Waals surface area (Å²) in [6.45, 7) is 0.0413. The molecule has 2 aromatic rings. The van der Waals surface area contributed by atoms with Crippen LogP contribution in [-0.2, 0) is 16.6 Å². The largest absolute Gasteiger partial charge is 0.399 e. The first kappa shape index (κ1) is 15.2. The number of benzene rings is 2. The van der Waals surface area contributed by atoms with Gasteiger partial charge in [-0.05, 0) is 24.3 Å². The van der Waals surface area contributed by atoms with E-state index < -0.39 is 21.7 Å². The van der Waals surface area contributed by atoms with Crippen molar-refractivity contribution in [2.75, 3.05) is 11.1 Å². The van der Waals surface area contributed by atoms with E-state index in [2.05, 4.69) is 5.32 Å². The van der Waals surface area contributed by atoms with Crippen LogP contribution < -0.4 is 16.2 Å². The molecule has 0 bridgehead atoms. The molecule has 0 saturated heterocycles. The van der Waals surface area contributed by atoms with Gasteiger partial charge in [-0.15, -0.1) is 0 Å². The van der Waals surface area contributed by atoms with Gasteiger partial charge in [-0.1, -0.05) is 6.07 Å². The fourth-order valence-corrected chi connectivity index (χ4v) is 2.34. The minimum atomic E-state index is -3.89. The predicted octanol–water partition coefficient (Wildman–Crippen LogP) is 1.81. The molecule has 0 heterocycles. The number of rotatable bonds is 4. The average molecular weight is 313 g/mol. The SMILES string of the molecule is Nc1cc(NCc2ccc(F)cc2F)cc(S(N)(=O)=O)c1. The highest BCUT2D eigenvalue weighted by Gasteiger charge is 2.10. The van der Waals surface area contributed by atoms with Crippen LogP contribution in [0.15, 0.2) is 41.3 Å². The Hall–Kier alpha value is -2.19. The third-order valence-corrected chi connectivity index (χ3v) is 3.65. The quantitative estimate of drug-likeness (QED) is 0.750. The summed E-state index contributed by atoms with van der Waals surface area (Å²) in [5, 5.41) is 7.84. The topological polar surface area (TPSA) is 98.2 Å². The lowest BCUT2D eigenvalue weighted by atomic mass is 10.2. The molecule has 0 amide bonds. The second kappa shape index (κ2) is 5.66. The van der Waals surface area contributed by atoms with E-state index >= 15 is 0 Å². The maximum absolute atomic E-state index is 13.5. The third kappa shape index (κ3) is 3.89. The molecule has 21 heavy (non-hydrogen) atoms. The molecule has 0 aliphatic rings. The van der Waals surface area contributed by atoms with Gasteiger partial charge in [-0.3, -0.25) is 0 Å². The molecule has 5 nitrogen and oxygen atoms in total. The van der Waals surface area contributed by atoms with Crippen LogP contribution in [0.5, 0.6) is 0 Å². The Bertz CT molecular complexity index is 779. The highest BCUT2D eigenvalue weighted by atomic mass is 32.2. The van der Waals surface area contributed by atoms with Crippen LogP contribution in [-0.4, -0.2) is 8.42 Å². The molecule has 2 aromatic carbocycles. The first-order chi connectivity index (χ1) is 9.75. The summed E-state index contributed by atoms with van der Waals surface area (Å²) >= 11 is 0. The molecule has 2 rings (SSSR count). The van der Waals surface area contributed by atoms with Crippen molar-refractivity contribution in [2.45, 2.75) is 11.4 Å². The number of hydrogen-bond acceptors (Lipinski definition) is 4. The second-order valence-corrected chi connectivity index (χ2v) is 5.99. The fourth-order valence-electron chi connectivity index (χ4n) is 1.75. The van der Waals surface area contributed by atoms with E-state index in [1.54, 1.807) is 0 Å². The molecule has 0 aliphatic heterocycles. The molecule has 0 aromatic heterocycles. The average Bonchev–Trinajstić information content (AvgIpc) is 2.36. The lowest BCUT2D eigenvalue weighted by molar-refractivity contribution is 0.574. The molecule has 112 valence electrons. The van der Waals surface area contributed by atoms with Gasteiger partial charge < -0.3 is 11.1 Å². The fraction of sp³-hybridized carbons (Fsp3) is 0.0769. The molecule has 0 fully saturated rings. The number of nitrogens with two attached hydrogens (primary N) is 2. The Labute approximate surface area is 120 Å². The van der Waals surface area contributed by atoms with Crippen molar-refractivity contribution in [3.05, 3.63) is 53.6 Å². The van der Waals surface area contributed by atoms with Gasteiger partial charge in [0.2, 0.25) is 10.0 Å². The summed E-state index contributed by atoms with van der Waals surface area (Å²) in [4.78, 5) is -0.149. The number of nitrogen functional groups attached to an aromatic ring is 1. The summed E-state index contributed by atoms with van der Waals surface area (Å²) in [5.74, 6) is -1.37. The molecular weight excluding hydrogens is 300 g/mol. The maximum atomic E-state index is 13.5. The lowest BCUT2D eigenvalue weighted by Gasteiger charge is -2.10. The normalized spacial score (nSPS) is 11.4. The summed E-state index contributed by atoms with van der Waals surface area (Å²) in [5.41, 5.74) is 6.38. The lowest BCUT2D eigenvalue weighted by Crippen LogP contribution is -2.13. The van der Waals surface area contributed by atoms with Crippen molar-refractivity contribution in [2.24, 2.45) is 5.14 Å². The van der Waals surface area contributed by atoms with Crippen LogP contribution in [0, 0.1) is 11.6 Å². The molecular formula is C13H13F2N3O2S. The van der Waals surface area contributed by atoms with Crippen molar-refractivity contribution in [1.29, 1.82) is 0 Å². The van der Waals surface area contributed by atoms with Gasteiger partial charge in [0, 0.05) is 29.5 Å². The number of hydrogen-bond donors (Lipinski definition) is 3. The zero-order valence-electron chi connectivity index (χ0n) is 10.8. The smallest absolute Gasteiger partial charge is 0.238 e. The zero-order chi connectivity index (χ0) is 15.6. The van der Waals surface area contributed by atoms with Gasteiger partial charge in [0.25, 0.3) is 0 Å². The monoisotopic (exact) mass is 313 g/mol. The van der Waals surface area contributed by atoms with Crippen LogP contribution in [0.4, 0.5) is 20.2 Å². The highest BCUT2D eigenvalue weighted by Crippen LogP contribution is 2.20. The molecule has 0 aliphatic carbocycles. The number of sulfonamides is 1. The Kier molecular flexibility index (Phi) is 4.10. The van der Waals surface area contributed by atoms with Crippen molar-refractivity contribution >= 4 is 21.4 Å². The number of anilines is 2. The van der Waals surface area contributed by atoms with Gasteiger partial charge >= 0.3 is 0 Å². The van der Waals surface area contributed by atoms with Gasteiger partial charge in [0.15, 0.2) is 0 Å². The number of halogens is 2. The van der Waals surface area contributed by atoms with Crippen LogP contribution in [0.1, 0.15) is 5.56 Å². The molecule has 0 saturated carbocycles. The van der Waals surface area contributed by atoms with Gasteiger partial charge in [-0.25, -0.2) is 22.3 Å². The number of primary sulfonamides is 1. The van der Waals surface area contributed by atoms with E-state index in [-0.39, 0.29) is 22.7 Å². The standard InChI is InChI=1S/C13H13F2N3O2S/c14-9-2-1-8(13(15)3-9)7-18-11-4-10(16)5-12(6-11)21(17,19)20/h1-6,18H,7,16H2,(H2,17,19,20). The molecule has 5 N–H and O–H groups in total. The van der Waals surface area contributed by atoms with Gasteiger partial charge in [0.1, 0.15) is 11.6 Å². The van der Waals surface area contributed by atoms with Crippen LogP contribution in [0.3, 0.4) is 0 Å². The van der Waals surface area contributed by atoms with Crippen molar-refractivity contribution in [3.63, 3.8) is 0 Å². The Morgan fingerprint density at radius 2 is 1.81 bits per heavy atom. The maximum Gasteiger partial charge on any atom is 0.238 e. The minimum Gasteiger partial charge on any atom is -0.399 e. The van der Waals surface area contributed by atoms with Crippen LogP contribution in [0.2, 0.25) is 0 Å². The van der Waals surface area contributed by atoms with E-state index in [4.69, 9.17) is 10.9 Å². The molecule has 0 atom stereocenters. The molecule has 0 radical (unpaired) electrons. The van der Waals surface area contributed by atoms with Gasteiger partial charge in [0.05, 0.1) is 4.90 Å². The Morgan fingerprint density at radius 1 is 1.10 bits per heavy atom. The Balaban J connectivity index is 2.22. The number of nitrogens with one attached hydrogen (secondary N) is 1. The second-order valence-electron chi connectivity index (χ2n) is 4.43. The van der Waals surface area contributed by atoms with Crippen LogP contribution in [0.25, 0.3) is 0 Å². The summed E-state index contributed by atoms with van der Waals surface area (Å²) < 4.78 is 48.9. The highest BCUT2D eigenvalue weighted by molar-refractivity contribution is 7.89. The van der Waals surface area contributed by atoms with Crippen LogP contribution >= 0.6 is 0 Å². The van der Waals surface area contributed by atoms with E-state index in [0.29, 0.717) is 5.69 Å². The summed E-state index contributed by atoms with van der Waals surface area (Å²) in [6, 6.07) is 7.19. The zero-order valence-corrected chi connectivity index (χ0v) is 11.6. The van der Waals surface area contributed by atoms with E-state index in [1.807, 2.05) is 0 Å². The van der Waals surface area contributed by atoms with Crippen molar-refractivity contribution < 1.29 is 17.2 Å². The van der Waals surface area contributed by atoms with Crippen molar-refractivity contribution in [3.8, 4) is 0 Å². The molecule has 8 heteroatoms. The first-order valence-corrected chi connectivity index (χ1v) is 7.41. The Morgan fingerprint density at radius 3 is 2.43 bits per heavy atom. The first-order valence-electron chi connectivity index (χ1n) is 5.87. The van der Waals surface area contributed by atoms with E-state index in [0.717, 1.165) is 12.1 Å². The van der Waals surface area contributed by atoms with E-state index in [1.165, 1.54) is 24.3 Å². The molecule has 0 unspecified atom stereocenters. The minimum absolute atomic E-state index is 0.0413. The van der Waals surface area contributed by atoms with Gasteiger partial charge in [-0.2, -0.15) is 0 Å². The summed E-state index contributed by atoms with van der Waals surface area (Å²) in [7, 11) is -3.89. The van der Waals surface area contributed by atoms with Crippen molar-refractivity contribution in [1.82, 2.24) is 0 Å².